The summed E-state index contributed by atoms with van der Waals surface area (Å²) >= 11 is 0. The van der Waals surface area contributed by atoms with E-state index in [9.17, 15) is 18.8 Å². The molecule has 1 aromatic rings. The van der Waals surface area contributed by atoms with Gasteiger partial charge in [-0.15, -0.1) is 0 Å². The van der Waals surface area contributed by atoms with E-state index in [0.29, 0.717) is 0 Å². The minimum Gasteiger partial charge on any atom is -0.466 e. The molecule has 0 fully saturated rings. The van der Waals surface area contributed by atoms with Gasteiger partial charge in [0.05, 0.1) is 7.11 Å². The minimum atomic E-state index is -2.08. The quantitative estimate of drug-likeness (QED) is 0.470. The van der Waals surface area contributed by atoms with Gasteiger partial charge >= 0.3 is 11.9 Å². The first-order valence-electron chi connectivity index (χ1n) is 5.39. The van der Waals surface area contributed by atoms with E-state index in [-0.39, 0.29) is 5.56 Å². The first kappa shape index (κ1) is 14.8. The molecule has 0 saturated carbocycles. The van der Waals surface area contributed by atoms with Gasteiger partial charge in [-0.25, -0.2) is 9.18 Å². The molecule has 1 atom stereocenters. The Morgan fingerprint density at radius 2 is 1.68 bits per heavy atom. The number of Topliss-reactive ketones (excluding diaryl/α,β-unsaturated/α-hetero) is 1. The highest BCUT2D eigenvalue weighted by atomic mass is 19.1. The van der Waals surface area contributed by atoms with Crippen molar-refractivity contribution >= 4 is 17.7 Å². The molecule has 5 nitrogen and oxygen atoms in total. The van der Waals surface area contributed by atoms with E-state index in [2.05, 4.69) is 4.74 Å². The molecular formula is C13H13FO5. The summed E-state index contributed by atoms with van der Waals surface area (Å²) in [5.74, 6) is -3.11. The maximum Gasteiger partial charge on any atom is 0.358 e. The average molecular weight is 268 g/mol. The number of methoxy groups -OCH3 is 1. The Bertz CT molecular complexity index is 508. The summed E-state index contributed by atoms with van der Waals surface area (Å²) in [6.07, 6.45) is 0. The molecule has 0 bridgehead atoms. The van der Waals surface area contributed by atoms with Crippen LogP contribution in [0.2, 0.25) is 0 Å². The third-order valence-corrected chi connectivity index (χ3v) is 2.46. The molecule has 0 aliphatic carbocycles. The number of carbonyl (C=O) groups is 3. The van der Waals surface area contributed by atoms with Crippen LogP contribution in [0.15, 0.2) is 24.3 Å². The summed E-state index contributed by atoms with van der Waals surface area (Å²) in [6.45, 7) is 2.20. The lowest BCUT2D eigenvalue weighted by atomic mass is 9.94. The van der Waals surface area contributed by atoms with Crippen molar-refractivity contribution in [1.82, 2.24) is 0 Å². The molecule has 1 unspecified atom stereocenters. The third kappa shape index (κ3) is 3.15. The molecule has 102 valence electrons. The molecule has 1 aromatic carbocycles. The largest absolute Gasteiger partial charge is 0.466 e. The van der Waals surface area contributed by atoms with Crippen LogP contribution in [0.5, 0.6) is 0 Å². The maximum atomic E-state index is 12.8. The van der Waals surface area contributed by atoms with Crippen LogP contribution >= 0.6 is 0 Å². The molecule has 0 heterocycles. The maximum absolute atomic E-state index is 12.8. The van der Waals surface area contributed by atoms with Crippen molar-refractivity contribution in [2.75, 3.05) is 7.11 Å². The van der Waals surface area contributed by atoms with Gasteiger partial charge in [0.2, 0.25) is 5.78 Å². The molecule has 6 heteroatoms. The Hall–Kier alpha value is -2.24. The summed E-state index contributed by atoms with van der Waals surface area (Å²) in [5, 5.41) is 0. The van der Waals surface area contributed by atoms with E-state index >= 15 is 0 Å². The van der Waals surface area contributed by atoms with Crippen LogP contribution in [0.25, 0.3) is 0 Å². The molecule has 0 aromatic heterocycles. The summed E-state index contributed by atoms with van der Waals surface area (Å²) in [4.78, 5) is 34.9. The molecule has 19 heavy (non-hydrogen) atoms. The van der Waals surface area contributed by atoms with E-state index in [0.717, 1.165) is 33.1 Å². The molecule has 1 rings (SSSR count). The van der Waals surface area contributed by atoms with Crippen molar-refractivity contribution in [3.63, 3.8) is 0 Å². The Balaban J connectivity index is 3.17. The van der Waals surface area contributed by atoms with Crippen molar-refractivity contribution in [3.05, 3.63) is 35.6 Å². The number of hydrogen-bond acceptors (Lipinski definition) is 5. The zero-order valence-electron chi connectivity index (χ0n) is 10.7. The molecule has 0 aliphatic rings. The highest BCUT2D eigenvalue weighted by molar-refractivity contribution is 6.16. The molecule has 0 aliphatic heterocycles. The van der Waals surface area contributed by atoms with Crippen LogP contribution in [-0.2, 0) is 19.1 Å². The number of hydrogen-bond donors (Lipinski definition) is 0. The Kier molecular flexibility index (Phi) is 4.37. The molecule has 0 saturated heterocycles. The SMILES string of the molecule is COC(=O)C(C)(OC(C)=O)C(=O)c1ccc(F)cc1. The zero-order chi connectivity index (χ0) is 14.6. The normalized spacial score (nSPS) is 13.3. The van der Waals surface area contributed by atoms with Crippen molar-refractivity contribution in [3.8, 4) is 0 Å². The Labute approximate surface area is 109 Å². The predicted octanol–water partition coefficient (Wildman–Crippen LogP) is 1.50. The fourth-order valence-electron chi connectivity index (χ4n) is 1.54. The van der Waals surface area contributed by atoms with Crippen molar-refractivity contribution in [2.24, 2.45) is 0 Å². The van der Waals surface area contributed by atoms with Crippen LogP contribution in [0.1, 0.15) is 24.2 Å². The summed E-state index contributed by atoms with van der Waals surface area (Å²) in [6, 6.07) is 4.53. The second-order valence-electron chi connectivity index (χ2n) is 3.95. The lowest BCUT2D eigenvalue weighted by Crippen LogP contribution is -2.48. The number of rotatable bonds is 4. The summed E-state index contributed by atoms with van der Waals surface area (Å²) in [7, 11) is 1.07. The summed E-state index contributed by atoms with van der Waals surface area (Å²) in [5.41, 5.74) is -2.05. The van der Waals surface area contributed by atoms with Crippen LogP contribution in [0, 0.1) is 5.82 Å². The van der Waals surface area contributed by atoms with Gasteiger partial charge in [0.25, 0.3) is 5.60 Å². The number of esters is 2. The van der Waals surface area contributed by atoms with E-state index in [1.807, 2.05) is 0 Å². The lowest BCUT2D eigenvalue weighted by Gasteiger charge is -2.24. The number of ketones is 1. The van der Waals surface area contributed by atoms with E-state index in [1.165, 1.54) is 12.1 Å². The number of halogens is 1. The van der Waals surface area contributed by atoms with Gasteiger partial charge in [0, 0.05) is 12.5 Å². The van der Waals surface area contributed by atoms with E-state index < -0.39 is 29.1 Å². The number of ether oxygens (including phenoxy) is 2. The highest BCUT2D eigenvalue weighted by Gasteiger charge is 2.46. The number of benzene rings is 1. The van der Waals surface area contributed by atoms with E-state index in [4.69, 9.17) is 4.74 Å². The van der Waals surface area contributed by atoms with Crippen LogP contribution in [0.4, 0.5) is 4.39 Å². The first-order chi connectivity index (χ1) is 8.81. The predicted molar refractivity (Wildman–Crippen MR) is 62.9 cm³/mol. The van der Waals surface area contributed by atoms with E-state index in [1.54, 1.807) is 0 Å². The van der Waals surface area contributed by atoms with Gasteiger partial charge < -0.3 is 9.47 Å². The van der Waals surface area contributed by atoms with Crippen molar-refractivity contribution in [1.29, 1.82) is 0 Å². The zero-order valence-corrected chi connectivity index (χ0v) is 10.7. The second-order valence-corrected chi connectivity index (χ2v) is 3.95. The van der Waals surface area contributed by atoms with Gasteiger partial charge in [0.1, 0.15) is 5.82 Å². The highest BCUT2D eigenvalue weighted by Crippen LogP contribution is 2.20. The van der Waals surface area contributed by atoms with Crippen molar-refractivity contribution in [2.45, 2.75) is 19.4 Å². The first-order valence-corrected chi connectivity index (χ1v) is 5.39. The van der Waals surface area contributed by atoms with Gasteiger partial charge in [0.15, 0.2) is 0 Å². The molecule has 0 radical (unpaired) electrons. The monoisotopic (exact) mass is 268 g/mol. The number of carbonyl (C=O) groups excluding carboxylic acids is 3. The smallest absolute Gasteiger partial charge is 0.358 e. The van der Waals surface area contributed by atoms with Crippen LogP contribution in [0.3, 0.4) is 0 Å². The molecular weight excluding hydrogens is 255 g/mol. The fraction of sp³-hybridized carbons (Fsp3) is 0.308. The average Bonchev–Trinajstić information content (AvgIpc) is 2.36. The van der Waals surface area contributed by atoms with Gasteiger partial charge in [-0.1, -0.05) is 0 Å². The third-order valence-electron chi connectivity index (χ3n) is 2.46. The van der Waals surface area contributed by atoms with Crippen LogP contribution < -0.4 is 0 Å². The fourth-order valence-corrected chi connectivity index (χ4v) is 1.54. The molecule has 0 N–H and O–H groups in total. The van der Waals surface area contributed by atoms with Crippen molar-refractivity contribution < 1.29 is 28.2 Å². The minimum absolute atomic E-state index is 0.0375. The molecule has 0 amide bonds. The van der Waals surface area contributed by atoms with Crippen LogP contribution in [-0.4, -0.2) is 30.4 Å². The Morgan fingerprint density at radius 3 is 2.11 bits per heavy atom. The van der Waals surface area contributed by atoms with Gasteiger partial charge in [-0.3, -0.25) is 9.59 Å². The van der Waals surface area contributed by atoms with Gasteiger partial charge in [-0.05, 0) is 31.2 Å². The second kappa shape index (κ2) is 5.60. The lowest BCUT2D eigenvalue weighted by molar-refractivity contribution is -0.171. The topological polar surface area (TPSA) is 69.7 Å². The summed E-state index contributed by atoms with van der Waals surface area (Å²) < 4.78 is 22.0. The van der Waals surface area contributed by atoms with Gasteiger partial charge in [-0.2, -0.15) is 0 Å². The molecule has 0 spiro atoms. The standard InChI is InChI=1S/C13H13FO5/c1-8(15)19-13(2,12(17)18-3)11(16)9-4-6-10(14)7-5-9/h4-7H,1-3H3. The Morgan fingerprint density at radius 1 is 1.16 bits per heavy atom.